The number of aliphatic hydroxyl groups is 1. The smallest absolute Gasteiger partial charge is 0.404 e. The summed E-state index contributed by atoms with van der Waals surface area (Å²) in [5.74, 6) is 0.130. The van der Waals surface area contributed by atoms with Crippen LogP contribution in [0.25, 0.3) is 0 Å². The van der Waals surface area contributed by atoms with Gasteiger partial charge in [0, 0.05) is 11.5 Å². The fourth-order valence-corrected chi connectivity index (χ4v) is 2.51. The molecule has 1 heterocycles. The summed E-state index contributed by atoms with van der Waals surface area (Å²) in [6.07, 6.45) is -0.863. The van der Waals surface area contributed by atoms with E-state index in [1.165, 1.54) is 12.1 Å². The van der Waals surface area contributed by atoms with Crippen LogP contribution in [0.3, 0.4) is 0 Å². The molecular weight excluding hydrogens is 273 g/mol. The zero-order chi connectivity index (χ0) is 14.8. The molecule has 2 atom stereocenters. The van der Waals surface area contributed by atoms with Crippen LogP contribution in [0.15, 0.2) is 18.3 Å². The first-order chi connectivity index (χ1) is 9.32. The Balaban J connectivity index is 2.01. The minimum absolute atomic E-state index is 0.0642. The van der Waals surface area contributed by atoms with Crippen LogP contribution < -0.4 is 10.1 Å². The Hall–Kier alpha value is -1.50. The van der Waals surface area contributed by atoms with Gasteiger partial charge in [-0.3, -0.25) is 0 Å². The monoisotopic (exact) mass is 290 g/mol. The number of aliphatic hydroxyl groups excluding tert-OH is 1. The fourth-order valence-electron chi connectivity index (χ4n) is 2.51. The second-order valence-corrected chi connectivity index (χ2v) is 5.33. The molecule has 4 nitrogen and oxygen atoms in total. The molecule has 0 amide bonds. The number of rotatable bonds is 4. The van der Waals surface area contributed by atoms with E-state index >= 15 is 0 Å². The molecule has 2 N–H and O–H groups in total. The largest absolute Gasteiger partial charge is 0.573 e. The van der Waals surface area contributed by atoms with Gasteiger partial charge in [0.25, 0.3) is 0 Å². The summed E-state index contributed by atoms with van der Waals surface area (Å²) in [6.45, 7) is 2.05. The molecule has 1 aliphatic carbocycles. The normalized spacial score (nSPS) is 26.6. The van der Waals surface area contributed by atoms with Gasteiger partial charge in [-0.15, -0.1) is 13.2 Å². The molecular formula is C13H17F3N2O2. The van der Waals surface area contributed by atoms with Gasteiger partial charge in [0.1, 0.15) is 11.6 Å². The first kappa shape index (κ1) is 14.9. The standard InChI is InChI=1S/C13H17F3N2O2/c1-12(8-19)6-2-3-10(12)18-11-5-4-9(7-17-11)20-13(14,15)16/h4-5,7,10,19H,2-3,6,8H2,1H3,(H,17,18). The fraction of sp³-hybridized carbons (Fsp3) is 0.615. The van der Waals surface area contributed by atoms with E-state index in [0.29, 0.717) is 5.82 Å². The molecule has 2 rings (SSSR count). The topological polar surface area (TPSA) is 54.4 Å². The molecule has 1 aromatic rings. The lowest BCUT2D eigenvalue weighted by Gasteiger charge is -2.30. The number of nitrogens with zero attached hydrogens (tertiary/aromatic N) is 1. The summed E-state index contributed by atoms with van der Waals surface area (Å²) in [7, 11) is 0. The van der Waals surface area contributed by atoms with Crippen molar-refractivity contribution in [3.63, 3.8) is 0 Å². The number of hydrogen-bond acceptors (Lipinski definition) is 4. The van der Waals surface area contributed by atoms with Gasteiger partial charge >= 0.3 is 6.36 Å². The van der Waals surface area contributed by atoms with Crippen LogP contribution in [0.2, 0.25) is 0 Å². The third-order valence-corrected chi connectivity index (χ3v) is 3.74. The van der Waals surface area contributed by atoms with E-state index < -0.39 is 6.36 Å². The second-order valence-electron chi connectivity index (χ2n) is 5.33. The molecule has 2 unspecified atom stereocenters. The summed E-state index contributed by atoms with van der Waals surface area (Å²) < 4.78 is 39.8. The maximum absolute atomic E-state index is 12.0. The number of aromatic nitrogens is 1. The van der Waals surface area contributed by atoms with Crippen LogP contribution in [-0.4, -0.2) is 29.1 Å². The lowest BCUT2D eigenvalue weighted by Crippen LogP contribution is -2.36. The van der Waals surface area contributed by atoms with Gasteiger partial charge in [-0.1, -0.05) is 13.3 Å². The third-order valence-electron chi connectivity index (χ3n) is 3.74. The summed E-state index contributed by atoms with van der Waals surface area (Å²) in [6, 6.07) is 2.72. The molecule has 20 heavy (non-hydrogen) atoms. The minimum Gasteiger partial charge on any atom is -0.404 e. The van der Waals surface area contributed by atoms with E-state index in [1.54, 1.807) is 0 Å². The number of halogens is 3. The van der Waals surface area contributed by atoms with E-state index in [2.05, 4.69) is 15.0 Å². The molecule has 0 aliphatic heterocycles. The van der Waals surface area contributed by atoms with Crippen LogP contribution in [0.5, 0.6) is 5.75 Å². The molecule has 112 valence electrons. The van der Waals surface area contributed by atoms with Gasteiger partial charge < -0.3 is 15.2 Å². The summed E-state index contributed by atoms with van der Waals surface area (Å²) in [5.41, 5.74) is -0.219. The Bertz CT molecular complexity index is 450. The molecule has 1 aromatic heterocycles. The predicted octanol–water partition coefficient (Wildman–Crippen LogP) is 2.94. The average molecular weight is 290 g/mol. The van der Waals surface area contributed by atoms with E-state index in [4.69, 9.17) is 0 Å². The van der Waals surface area contributed by atoms with Crippen molar-refractivity contribution < 1.29 is 23.0 Å². The van der Waals surface area contributed by atoms with Gasteiger partial charge in [0.05, 0.1) is 12.8 Å². The number of nitrogens with one attached hydrogen (secondary N) is 1. The van der Waals surface area contributed by atoms with Crippen LogP contribution in [0.1, 0.15) is 26.2 Å². The van der Waals surface area contributed by atoms with Crippen LogP contribution >= 0.6 is 0 Å². The molecule has 0 saturated heterocycles. The molecule has 0 aromatic carbocycles. The molecule has 1 fully saturated rings. The number of hydrogen-bond donors (Lipinski definition) is 2. The third kappa shape index (κ3) is 3.53. The van der Waals surface area contributed by atoms with Crippen LogP contribution in [0, 0.1) is 5.41 Å². The SMILES string of the molecule is CC1(CO)CCCC1Nc1ccc(OC(F)(F)F)cn1. The van der Waals surface area contributed by atoms with E-state index in [9.17, 15) is 18.3 Å². The zero-order valence-electron chi connectivity index (χ0n) is 11.1. The van der Waals surface area contributed by atoms with Gasteiger partial charge in [-0.2, -0.15) is 0 Å². The van der Waals surface area contributed by atoms with Crippen molar-refractivity contribution >= 4 is 5.82 Å². The molecule has 0 spiro atoms. The highest BCUT2D eigenvalue weighted by Crippen LogP contribution is 2.39. The lowest BCUT2D eigenvalue weighted by atomic mass is 9.86. The van der Waals surface area contributed by atoms with Gasteiger partial charge in [0.2, 0.25) is 0 Å². The Kier molecular flexibility index (Phi) is 4.08. The first-order valence-corrected chi connectivity index (χ1v) is 6.42. The van der Waals surface area contributed by atoms with Crippen molar-refractivity contribution in [2.75, 3.05) is 11.9 Å². The van der Waals surface area contributed by atoms with Crippen molar-refractivity contribution in [3.05, 3.63) is 18.3 Å². The van der Waals surface area contributed by atoms with Gasteiger partial charge in [-0.25, -0.2) is 4.98 Å². The quantitative estimate of drug-likeness (QED) is 0.895. The van der Waals surface area contributed by atoms with Crippen molar-refractivity contribution in [1.82, 2.24) is 4.98 Å². The average Bonchev–Trinajstić information content (AvgIpc) is 2.72. The Morgan fingerprint density at radius 3 is 2.80 bits per heavy atom. The number of anilines is 1. The zero-order valence-corrected chi connectivity index (χ0v) is 11.1. The maximum atomic E-state index is 12.0. The van der Waals surface area contributed by atoms with Gasteiger partial charge in [-0.05, 0) is 25.0 Å². The van der Waals surface area contributed by atoms with Gasteiger partial charge in [0.15, 0.2) is 0 Å². The molecule has 7 heteroatoms. The highest BCUT2D eigenvalue weighted by molar-refractivity contribution is 5.39. The highest BCUT2D eigenvalue weighted by Gasteiger charge is 2.38. The Morgan fingerprint density at radius 1 is 1.50 bits per heavy atom. The number of pyridine rings is 1. The van der Waals surface area contributed by atoms with E-state index in [0.717, 1.165) is 25.5 Å². The predicted molar refractivity (Wildman–Crippen MR) is 67.4 cm³/mol. The number of ether oxygens (including phenoxy) is 1. The van der Waals surface area contributed by atoms with E-state index in [-0.39, 0.29) is 23.8 Å². The van der Waals surface area contributed by atoms with Crippen molar-refractivity contribution in [3.8, 4) is 5.75 Å². The summed E-state index contributed by atoms with van der Waals surface area (Å²) in [5, 5.41) is 12.6. The summed E-state index contributed by atoms with van der Waals surface area (Å²) in [4.78, 5) is 3.91. The van der Waals surface area contributed by atoms with E-state index in [1.807, 2.05) is 6.92 Å². The highest BCUT2D eigenvalue weighted by atomic mass is 19.4. The maximum Gasteiger partial charge on any atom is 0.573 e. The van der Waals surface area contributed by atoms with Crippen molar-refractivity contribution in [2.45, 2.75) is 38.6 Å². The lowest BCUT2D eigenvalue weighted by molar-refractivity contribution is -0.274. The number of alkyl halides is 3. The Morgan fingerprint density at radius 2 is 2.25 bits per heavy atom. The summed E-state index contributed by atoms with van der Waals surface area (Å²) >= 11 is 0. The Labute approximate surface area is 115 Å². The van der Waals surface area contributed by atoms with Crippen LogP contribution in [0.4, 0.5) is 19.0 Å². The molecule has 0 radical (unpaired) electrons. The van der Waals surface area contributed by atoms with Crippen LogP contribution in [-0.2, 0) is 0 Å². The minimum atomic E-state index is -4.71. The molecule has 1 aliphatic rings. The second kappa shape index (κ2) is 5.47. The van der Waals surface area contributed by atoms with Crippen molar-refractivity contribution in [1.29, 1.82) is 0 Å². The van der Waals surface area contributed by atoms with Crippen molar-refractivity contribution in [2.24, 2.45) is 5.41 Å². The first-order valence-electron chi connectivity index (χ1n) is 6.42. The molecule has 1 saturated carbocycles. The molecule has 0 bridgehead atoms.